The highest BCUT2D eigenvalue weighted by Crippen LogP contribution is 2.32. The molecule has 0 heterocycles. The number of hydrogen-bond acceptors (Lipinski definition) is 2. The number of carboxylic acids is 1. The first-order chi connectivity index (χ1) is 7.23. The standard InChI is InChI=1S/C12H16FNO2/c1-12(2,3)10(14)8-6-7(11(15)16)4-5-9(8)13/h4-6,10H,14H2,1-3H3,(H,15,16)/t10-/m1/s1. The number of aromatic carboxylic acids is 1. The molecule has 0 saturated carbocycles. The molecule has 88 valence electrons. The van der Waals surface area contributed by atoms with Crippen LogP contribution in [0.5, 0.6) is 0 Å². The van der Waals surface area contributed by atoms with Crippen molar-refractivity contribution in [2.45, 2.75) is 26.8 Å². The number of carboxylic acid groups (broad SMARTS) is 1. The molecule has 0 aliphatic carbocycles. The minimum Gasteiger partial charge on any atom is -0.478 e. The number of benzene rings is 1. The molecule has 1 atom stereocenters. The summed E-state index contributed by atoms with van der Waals surface area (Å²) in [5.41, 5.74) is 5.88. The van der Waals surface area contributed by atoms with Crippen LogP contribution in [0.15, 0.2) is 18.2 Å². The maximum atomic E-state index is 13.5. The Balaban J connectivity index is 3.22. The van der Waals surface area contributed by atoms with Crippen LogP contribution >= 0.6 is 0 Å². The van der Waals surface area contributed by atoms with E-state index in [-0.39, 0.29) is 16.5 Å². The molecule has 0 fully saturated rings. The summed E-state index contributed by atoms with van der Waals surface area (Å²) in [6.07, 6.45) is 0. The number of halogens is 1. The molecule has 0 aliphatic rings. The fourth-order valence-corrected chi connectivity index (χ4v) is 1.38. The number of nitrogens with two attached hydrogens (primary N) is 1. The van der Waals surface area contributed by atoms with Gasteiger partial charge in [0.2, 0.25) is 0 Å². The maximum Gasteiger partial charge on any atom is 0.335 e. The van der Waals surface area contributed by atoms with Crippen molar-refractivity contribution in [3.05, 3.63) is 35.1 Å². The molecule has 0 aliphatic heterocycles. The highest BCUT2D eigenvalue weighted by molar-refractivity contribution is 5.87. The van der Waals surface area contributed by atoms with Crippen LogP contribution in [0.4, 0.5) is 4.39 Å². The SMILES string of the molecule is CC(C)(C)[C@H](N)c1cc(C(=O)O)ccc1F. The minimum absolute atomic E-state index is 0.0519. The Kier molecular flexibility index (Phi) is 3.33. The van der Waals surface area contributed by atoms with Crippen molar-refractivity contribution in [1.82, 2.24) is 0 Å². The second-order valence-electron chi connectivity index (χ2n) is 4.89. The Bertz CT molecular complexity index is 410. The molecule has 0 aromatic heterocycles. The molecule has 0 saturated heterocycles. The second-order valence-corrected chi connectivity index (χ2v) is 4.89. The normalized spacial score (nSPS) is 13.6. The first-order valence-electron chi connectivity index (χ1n) is 5.02. The molecule has 16 heavy (non-hydrogen) atoms. The van der Waals surface area contributed by atoms with E-state index in [1.807, 2.05) is 20.8 Å². The Labute approximate surface area is 94.1 Å². The predicted octanol–water partition coefficient (Wildman–Crippen LogP) is 2.57. The molecular formula is C12H16FNO2. The molecular weight excluding hydrogens is 209 g/mol. The van der Waals surface area contributed by atoms with E-state index in [1.54, 1.807) is 0 Å². The van der Waals surface area contributed by atoms with Crippen molar-refractivity contribution in [2.75, 3.05) is 0 Å². The highest BCUT2D eigenvalue weighted by Gasteiger charge is 2.25. The summed E-state index contributed by atoms with van der Waals surface area (Å²) in [7, 11) is 0. The molecule has 1 rings (SSSR count). The quantitative estimate of drug-likeness (QED) is 0.813. The van der Waals surface area contributed by atoms with Crippen LogP contribution in [0, 0.1) is 11.2 Å². The smallest absolute Gasteiger partial charge is 0.335 e. The van der Waals surface area contributed by atoms with Gasteiger partial charge in [-0.1, -0.05) is 20.8 Å². The average molecular weight is 225 g/mol. The lowest BCUT2D eigenvalue weighted by atomic mass is 9.82. The lowest BCUT2D eigenvalue weighted by Crippen LogP contribution is -2.27. The zero-order valence-electron chi connectivity index (χ0n) is 9.62. The molecule has 4 heteroatoms. The van der Waals surface area contributed by atoms with Crippen LogP contribution in [0.3, 0.4) is 0 Å². The van der Waals surface area contributed by atoms with Crippen LogP contribution < -0.4 is 5.73 Å². The van der Waals surface area contributed by atoms with Gasteiger partial charge < -0.3 is 10.8 Å². The fraction of sp³-hybridized carbons (Fsp3) is 0.417. The summed E-state index contributed by atoms with van der Waals surface area (Å²) >= 11 is 0. The van der Waals surface area contributed by atoms with E-state index in [0.29, 0.717) is 0 Å². The van der Waals surface area contributed by atoms with Crippen molar-refractivity contribution in [1.29, 1.82) is 0 Å². The Morgan fingerprint density at radius 1 is 1.44 bits per heavy atom. The zero-order valence-corrected chi connectivity index (χ0v) is 9.62. The van der Waals surface area contributed by atoms with Crippen molar-refractivity contribution in [3.8, 4) is 0 Å². The van der Waals surface area contributed by atoms with Crippen LogP contribution in [-0.4, -0.2) is 11.1 Å². The third-order valence-electron chi connectivity index (χ3n) is 2.51. The fourth-order valence-electron chi connectivity index (χ4n) is 1.38. The summed E-state index contributed by atoms with van der Waals surface area (Å²) < 4.78 is 13.5. The maximum absolute atomic E-state index is 13.5. The van der Waals surface area contributed by atoms with E-state index in [1.165, 1.54) is 12.1 Å². The molecule has 0 amide bonds. The second kappa shape index (κ2) is 4.22. The van der Waals surface area contributed by atoms with E-state index < -0.39 is 17.8 Å². The molecule has 0 spiro atoms. The summed E-state index contributed by atoms with van der Waals surface area (Å²) in [4.78, 5) is 10.8. The summed E-state index contributed by atoms with van der Waals surface area (Å²) in [6.45, 7) is 5.64. The van der Waals surface area contributed by atoms with Gasteiger partial charge in [-0.15, -0.1) is 0 Å². The van der Waals surface area contributed by atoms with E-state index in [9.17, 15) is 9.18 Å². The highest BCUT2D eigenvalue weighted by atomic mass is 19.1. The molecule has 0 radical (unpaired) electrons. The summed E-state index contributed by atoms with van der Waals surface area (Å²) in [5, 5.41) is 8.82. The van der Waals surface area contributed by atoms with Crippen molar-refractivity contribution in [2.24, 2.45) is 11.1 Å². The van der Waals surface area contributed by atoms with E-state index in [0.717, 1.165) is 6.07 Å². The van der Waals surface area contributed by atoms with Crippen molar-refractivity contribution in [3.63, 3.8) is 0 Å². The van der Waals surface area contributed by atoms with Gasteiger partial charge in [0.05, 0.1) is 5.56 Å². The minimum atomic E-state index is -1.08. The Morgan fingerprint density at radius 3 is 2.44 bits per heavy atom. The molecule has 3 N–H and O–H groups in total. The van der Waals surface area contributed by atoms with E-state index in [4.69, 9.17) is 10.8 Å². The molecule has 0 bridgehead atoms. The lowest BCUT2D eigenvalue weighted by molar-refractivity contribution is 0.0696. The number of rotatable bonds is 2. The third kappa shape index (κ3) is 2.58. The van der Waals surface area contributed by atoms with Gasteiger partial charge in [-0.2, -0.15) is 0 Å². The molecule has 0 unspecified atom stereocenters. The first-order valence-corrected chi connectivity index (χ1v) is 5.02. The Hall–Kier alpha value is -1.42. The van der Waals surface area contributed by atoms with Crippen molar-refractivity contribution < 1.29 is 14.3 Å². The van der Waals surface area contributed by atoms with Crippen LogP contribution in [-0.2, 0) is 0 Å². The molecule has 1 aromatic carbocycles. The van der Waals surface area contributed by atoms with Gasteiger partial charge in [0.25, 0.3) is 0 Å². The predicted molar refractivity (Wildman–Crippen MR) is 59.7 cm³/mol. The van der Waals surface area contributed by atoms with Gasteiger partial charge in [0, 0.05) is 11.6 Å². The number of carbonyl (C=O) groups is 1. The van der Waals surface area contributed by atoms with Crippen molar-refractivity contribution >= 4 is 5.97 Å². The van der Waals surface area contributed by atoms with Crippen LogP contribution in [0.2, 0.25) is 0 Å². The van der Waals surface area contributed by atoms with Crippen LogP contribution in [0.1, 0.15) is 42.7 Å². The average Bonchev–Trinajstić information content (AvgIpc) is 2.15. The van der Waals surface area contributed by atoms with E-state index >= 15 is 0 Å². The molecule has 1 aromatic rings. The molecule has 3 nitrogen and oxygen atoms in total. The number of hydrogen-bond donors (Lipinski definition) is 2. The zero-order chi connectivity index (χ0) is 12.5. The van der Waals surface area contributed by atoms with Gasteiger partial charge in [-0.3, -0.25) is 0 Å². The summed E-state index contributed by atoms with van der Waals surface area (Å²) in [5.74, 6) is -1.55. The van der Waals surface area contributed by atoms with Gasteiger partial charge in [0.1, 0.15) is 5.82 Å². The van der Waals surface area contributed by atoms with E-state index in [2.05, 4.69) is 0 Å². The van der Waals surface area contributed by atoms with Gasteiger partial charge in [-0.25, -0.2) is 9.18 Å². The van der Waals surface area contributed by atoms with Gasteiger partial charge >= 0.3 is 5.97 Å². The largest absolute Gasteiger partial charge is 0.478 e. The van der Waals surface area contributed by atoms with Crippen LogP contribution in [0.25, 0.3) is 0 Å². The topological polar surface area (TPSA) is 63.3 Å². The first kappa shape index (κ1) is 12.6. The Morgan fingerprint density at radius 2 is 2.00 bits per heavy atom. The van der Waals surface area contributed by atoms with Gasteiger partial charge in [-0.05, 0) is 23.6 Å². The summed E-state index contributed by atoms with van der Waals surface area (Å²) in [6, 6.07) is 3.14. The lowest BCUT2D eigenvalue weighted by Gasteiger charge is -2.27. The third-order valence-corrected chi connectivity index (χ3v) is 2.51. The monoisotopic (exact) mass is 225 g/mol. The van der Waals surface area contributed by atoms with Gasteiger partial charge in [0.15, 0.2) is 0 Å².